The van der Waals surface area contributed by atoms with E-state index >= 15 is 0 Å². The van der Waals surface area contributed by atoms with Crippen molar-refractivity contribution in [2.24, 2.45) is 0 Å². The summed E-state index contributed by atoms with van der Waals surface area (Å²) in [5.41, 5.74) is 2.31. The van der Waals surface area contributed by atoms with Gasteiger partial charge in [-0.15, -0.1) is 0 Å². The van der Waals surface area contributed by atoms with Gasteiger partial charge in [-0.3, -0.25) is 0 Å². The third kappa shape index (κ3) is 2.90. The van der Waals surface area contributed by atoms with Crippen LogP contribution in [0.3, 0.4) is 0 Å². The molecule has 0 saturated carbocycles. The minimum atomic E-state index is -0.743. The molecule has 2 aromatic rings. The van der Waals surface area contributed by atoms with Gasteiger partial charge in [0.25, 0.3) is 0 Å². The van der Waals surface area contributed by atoms with Crippen molar-refractivity contribution < 1.29 is 9.50 Å². The van der Waals surface area contributed by atoms with E-state index in [2.05, 4.69) is 9.97 Å². The normalized spacial score (nSPS) is 12.4. The van der Waals surface area contributed by atoms with E-state index in [1.807, 2.05) is 6.92 Å². The van der Waals surface area contributed by atoms with Gasteiger partial charge in [0, 0.05) is 12.6 Å². The first-order chi connectivity index (χ1) is 8.56. The molecule has 0 aliphatic heterocycles. The number of aryl methyl sites for hydroxylation is 2. The molecule has 4 heteroatoms. The molecule has 3 nitrogen and oxygen atoms in total. The van der Waals surface area contributed by atoms with Crippen LogP contribution in [0.15, 0.2) is 30.5 Å². The molecule has 1 N–H and O–H groups in total. The maximum Gasteiger partial charge on any atom is 0.125 e. The maximum absolute atomic E-state index is 13.2. The second kappa shape index (κ2) is 5.23. The molecular weight excluding hydrogens is 231 g/mol. The highest BCUT2D eigenvalue weighted by molar-refractivity contribution is 5.28. The highest BCUT2D eigenvalue weighted by Crippen LogP contribution is 2.19. The highest BCUT2D eigenvalue weighted by atomic mass is 19.1. The quantitative estimate of drug-likeness (QED) is 0.905. The van der Waals surface area contributed by atoms with Crippen LogP contribution in [0.1, 0.15) is 28.7 Å². The van der Waals surface area contributed by atoms with Gasteiger partial charge in [0.15, 0.2) is 0 Å². The lowest BCUT2D eigenvalue weighted by Gasteiger charge is -2.12. The van der Waals surface area contributed by atoms with Gasteiger partial charge < -0.3 is 5.11 Å². The minimum absolute atomic E-state index is 0.290. The number of aliphatic hydroxyl groups excluding tert-OH is 1. The van der Waals surface area contributed by atoms with Gasteiger partial charge in [-0.1, -0.05) is 6.07 Å². The summed E-state index contributed by atoms with van der Waals surface area (Å²) in [7, 11) is 0. The van der Waals surface area contributed by atoms with Crippen LogP contribution in [0.2, 0.25) is 0 Å². The van der Waals surface area contributed by atoms with Crippen molar-refractivity contribution in [3.8, 4) is 0 Å². The van der Waals surface area contributed by atoms with Crippen molar-refractivity contribution in [1.29, 1.82) is 0 Å². The SMILES string of the molecule is Cc1nccc(C(O)Cc2cc(F)ccc2C)n1. The van der Waals surface area contributed by atoms with E-state index in [9.17, 15) is 9.50 Å². The second-order valence-corrected chi connectivity index (χ2v) is 4.32. The molecule has 0 spiro atoms. The van der Waals surface area contributed by atoms with Gasteiger partial charge in [0.1, 0.15) is 17.7 Å². The van der Waals surface area contributed by atoms with Gasteiger partial charge in [-0.25, -0.2) is 14.4 Å². The summed E-state index contributed by atoms with van der Waals surface area (Å²) in [5.74, 6) is 0.323. The van der Waals surface area contributed by atoms with Crippen molar-refractivity contribution in [2.45, 2.75) is 26.4 Å². The first kappa shape index (κ1) is 12.6. The van der Waals surface area contributed by atoms with Gasteiger partial charge in [-0.05, 0) is 43.2 Å². The highest BCUT2D eigenvalue weighted by Gasteiger charge is 2.12. The van der Waals surface area contributed by atoms with E-state index in [1.54, 1.807) is 25.3 Å². The largest absolute Gasteiger partial charge is 0.386 e. The van der Waals surface area contributed by atoms with Crippen molar-refractivity contribution in [3.05, 3.63) is 58.9 Å². The molecule has 0 fully saturated rings. The Morgan fingerprint density at radius 2 is 2.06 bits per heavy atom. The number of rotatable bonds is 3. The number of halogens is 1. The van der Waals surface area contributed by atoms with Crippen LogP contribution in [0.4, 0.5) is 4.39 Å². The van der Waals surface area contributed by atoms with Crippen LogP contribution in [0.25, 0.3) is 0 Å². The van der Waals surface area contributed by atoms with Crippen molar-refractivity contribution in [3.63, 3.8) is 0 Å². The molecule has 0 aliphatic rings. The zero-order chi connectivity index (χ0) is 13.1. The van der Waals surface area contributed by atoms with Gasteiger partial charge in [0.05, 0.1) is 5.69 Å². The predicted octanol–water partition coefficient (Wildman–Crippen LogP) is 2.51. The van der Waals surface area contributed by atoms with Gasteiger partial charge in [0.2, 0.25) is 0 Å². The minimum Gasteiger partial charge on any atom is -0.386 e. The molecule has 1 aromatic heterocycles. The lowest BCUT2D eigenvalue weighted by molar-refractivity contribution is 0.173. The van der Waals surface area contributed by atoms with Crippen molar-refractivity contribution >= 4 is 0 Å². The van der Waals surface area contributed by atoms with Gasteiger partial charge >= 0.3 is 0 Å². The number of aromatic nitrogens is 2. The van der Waals surface area contributed by atoms with Crippen LogP contribution in [0.5, 0.6) is 0 Å². The lowest BCUT2D eigenvalue weighted by atomic mass is 10.0. The lowest BCUT2D eigenvalue weighted by Crippen LogP contribution is -2.07. The molecule has 1 unspecified atom stereocenters. The summed E-state index contributed by atoms with van der Waals surface area (Å²) in [4.78, 5) is 8.15. The first-order valence-corrected chi connectivity index (χ1v) is 5.79. The maximum atomic E-state index is 13.2. The molecular formula is C14H15FN2O. The molecule has 0 radical (unpaired) electrons. The number of hydrogen-bond donors (Lipinski definition) is 1. The van der Waals surface area contributed by atoms with Gasteiger partial charge in [-0.2, -0.15) is 0 Å². The molecule has 1 heterocycles. The number of nitrogens with zero attached hydrogens (tertiary/aromatic N) is 2. The van der Waals surface area contributed by atoms with Crippen LogP contribution >= 0.6 is 0 Å². The van der Waals surface area contributed by atoms with E-state index < -0.39 is 6.10 Å². The Bertz CT molecular complexity index is 557. The molecule has 18 heavy (non-hydrogen) atoms. The predicted molar refractivity (Wildman–Crippen MR) is 66.6 cm³/mol. The van der Waals surface area contributed by atoms with E-state index in [1.165, 1.54) is 12.1 Å². The van der Waals surface area contributed by atoms with Crippen LogP contribution < -0.4 is 0 Å². The van der Waals surface area contributed by atoms with Crippen molar-refractivity contribution in [2.75, 3.05) is 0 Å². The van der Waals surface area contributed by atoms with Crippen molar-refractivity contribution in [1.82, 2.24) is 9.97 Å². The summed E-state index contributed by atoms with van der Waals surface area (Å²) < 4.78 is 13.2. The average molecular weight is 246 g/mol. The topological polar surface area (TPSA) is 46.0 Å². The van der Waals surface area contributed by atoms with E-state index in [0.29, 0.717) is 17.9 Å². The molecule has 0 saturated heterocycles. The molecule has 2 rings (SSSR count). The fourth-order valence-corrected chi connectivity index (χ4v) is 1.83. The summed E-state index contributed by atoms with van der Waals surface area (Å²) in [5, 5.41) is 10.1. The molecule has 0 amide bonds. The van der Waals surface area contributed by atoms with E-state index in [0.717, 1.165) is 11.1 Å². The third-order valence-corrected chi connectivity index (χ3v) is 2.86. The Balaban J connectivity index is 2.21. The molecule has 0 aliphatic carbocycles. The smallest absolute Gasteiger partial charge is 0.125 e. The Hall–Kier alpha value is -1.81. The molecule has 1 atom stereocenters. The average Bonchev–Trinajstić information content (AvgIpc) is 2.34. The van der Waals surface area contributed by atoms with E-state index in [-0.39, 0.29) is 5.82 Å². The zero-order valence-corrected chi connectivity index (χ0v) is 10.4. The number of benzene rings is 1. The van der Waals surface area contributed by atoms with Crippen LogP contribution in [-0.4, -0.2) is 15.1 Å². The summed E-state index contributed by atoms with van der Waals surface area (Å²) in [6.45, 7) is 3.66. The Kier molecular flexibility index (Phi) is 3.67. The number of aliphatic hydroxyl groups is 1. The standard InChI is InChI=1S/C14H15FN2O/c1-9-3-4-12(15)7-11(9)8-14(18)13-5-6-16-10(2)17-13/h3-7,14,18H,8H2,1-2H3. The van der Waals surface area contributed by atoms with E-state index in [4.69, 9.17) is 0 Å². The Morgan fingerprint density at radius 1 is 1.28 bits per heavy atom. The molecule has 1 aromatic carbocycles. The fourth-order valence-electron chi connectivity index (χ4n) is 1.83. The Morgan fingerprint density at radius 3 is 2.78 bits per heavy atom. The Labute approximate surface area is 105 Å². The van der Waals surface area contributed by atoms with Crippen LogP contribution in [-0.2, 0) is 6.42 Å². The number of hydrogen-bond acceptors (Lipinski definition) is 3. The monoisotopic (exact) mass is 246 g/mol. The zero-order valence-electron chi connectivity index (χ0n) is 10.4. The first-order valence-electron chi connectivity index (χ1n) is 5.79. The second-order valence-electron chi connectivity index (χ2n) is 4.32. The summed E-state index contributed by atoms with van der Waals surface area (Å²) in [6, 6.07) is 6.25. The fraction of sp³-hybridized carbons (Fsp3) is 0.286. The van der Waals surface area contributed by atoms with Crippen LogP contribution in [0, 0.1) is 19.7 Å². The molecule has 0 bridgehead atoms. The summed E-state index contributed by atoms with van der Waals surface area (Å²) in [6.07, 6.45) is 1.21. The third-order valence-electron chi connectivity index (χ3n) is 2.86. The summed E-state index contributed by atoms with van der Waals surface area (Å²) >= 11 is 0. The molecule has 94 valence electrons.